The van der Waals surface area contributed by atoms with Crippen LogP contribution in [-0.2, 0) is 0 Å². The standard InChI is InChI=1S/C20H18ClNO3S/c1-23-17-10-6-14(19(24-2)20(17)25-3)7-11-18-22-16(12-26-18)13-4-8-15(21)9-5-13/h4-12H,1-3H3. The molecule has 0 saturated carbocycles. The monoisotopic (exact) mass is 387 g/mol. The van der Waals surface area contributed by atoms with Crippen LogP contribution in [0, 0.1) is 0 Å². The summed E-state index contributed by atoms with van der Waals surface area (Å²) in [6, 6.07) is 11.4. The summed E-state index contributed by atoms with van der Waals surface area (Å²) in [5, 5.41) is 3.63. The van der Waals surface area contributed by atoms with Crippen molar-refractivity contribution in [3.05, 3.63) is 57.4 Å². The quantitative estimate of drug-likeness (QED) is 0.547. The lowest BCUT2D eigenvalue weighted by Gasteiger charge is -2.13. The normalized spacial score (nSPS) is 10.9. The molecule has 134 valence electrons. The lowest BCUT2D eigenvalue weighted by Crippen LogP contribution is -1.96. The summed E-state index contributed by atoms with van der Waals surface area (Å²) in [6.45, 7) is 0. The van der Waals surface area contributed by atoms with E-state index in [9.17, 15) is 0 Å². The van der Waals surface area contributed by atoms with Crippen LogP contribution in [0.3, 0.4) is 0 Å². The van der Waals surface area contributed by atoms with Gasteiger partial charge in [-0.15, -0.1) is 11.3 Å². The van der Waals surface area contributed by atoms with Crippen molar-refractivity contribution in [3.8, 4) is 28.5 Å². The molecular weight excluding hydrogens is 370 g/mol. The highest BCUT2D eigenvalue weighted by Gasteiger charge is 2.14. The molecule has 26 heavy (non-hydrogen) atoms. The Morgan fingerprint density at radius 2 is 1.62 bits per heavy atom. The molecule has 0 radical (unpaired) electrons. The second kappa shape index (κ2) is 8.25. The summed E-state index contributed by atoms with van der Waals surface area (Å²) in [5.41, 5.74) is 2.84. The van der Waals surface area contributed by atoms with Gasteiger partial charge in [0.25, 0.3) is 0 Å². The van der Waals surface area contributed by atoms with E-state index in [1.165, 1.54) is 0 Å². The fourth-order valence-electron chi connectivity index (χ4n) is 2.53. The van der Waals surface area contributed by atoms with Crippen LogP contribution in [0.4, 0.5) is 0 Å². The topological polar surface area (TPSA) is 40.6 Å². The first-order valence-corrected chi connectivity index (χ1v) is 9.10. The predicted octanol–water partition coefficient (Wildman–Crippen LogP) is 5.66. The van der Waals surface area contributed by atoms with E-state index in [1.807, 2.05) is 53.9 Å². The number of ether oxygens (including phenoxy) is 3. The SMILES string of the molecule is COc1ccc(C=Cc2nc(-c3ccc(Cl)cc3)cs2)c(OC)c1OC. The van der Waals surface area contributed by atoms with Gasteiger partial charge < -0.3 is 14.2 Å². The van der Waals surface area contributed by atoms with Crippen LogP contribution in [0.5, 0.6) is 17.2 Å². The zero-order valence-electron chi connectivity index (χ0n) is 14.7. The summed E-state index contributed by atoms with van der Waals surface area (Å²) in [5.74, 6) is 1.82. The van der Waals surface area contributed by atoms with E-state index in [4.69, 9.17) is 25.8 Å². The molecule has 0 unspecified atom stereocenters. The molecule has 0 aliphatic heterocycles. The van der Waals surface area contributed by atoms with Gasteiger partial charge in [0, 0.05) is 21.5 Å². The number of nitrogens with zero attached hydrogens (tertiary/aromatic N) is 1. The Bertz CT molecular complexity index is 919. The van der Waals surface area contributed by atoms with Crippen LogP contribution in [0.2, 0.25) is 5.02 Å². The number of rotatable bonds is 6. The summed E-state index contributed by atoms with van der Waals surface area (Å²) >= 11 is 7.51. The zero-order chi connectivity index (χ0) is 18.5. The van der Waals surface area contributed by atoms with Crippen molar-refractivity contribution in [1.29, 1.82) is 0 Å². The molecule has 0 bridgehead atoms. The Hall–Kier alpha value is -2.50. The first-order chi connectivity index (χ1) is 12.7. The maximum Gasteiger partial charge on any atom is 0.203 e. The second-order valence-corrected chi connectivity index (χ2v) is 6.66. The van der Waals surface area contributed by atoms with E-state index in [0.29, 0.717) is 22.3 Å². The van der Waals surface area contributed by atoms with Gasteiger partial charge in [-0.25, -0.2) is 4.98 Å². The number of thiazole rings is 1. The number of benzene rings is 2. The fraction of sp³-hybridized carbons (Fsp3) is 0.150. The molecular formula is C20H18ClNO3S. The number of methoxy groups -OCH3 is 3. The van der Waals surface area contributed by atoms with Gasteiger partial charge >= 0.3 is 0 Å². The highest BCUT2D eigenvalue weighted by Crippen LogP contribution is 2.40. The largest absolute Gasteiger partial charge is 0.493 e. The van der Waals surface area contributed by atoms with Gasteiger partial charge in [0.15, 0.2) is 11.5 Å². The summed E-state index contributed by atoms with van der Waals surface area (Å²) in [7, 11) is 4.80. The zero-order valence-corrected chi connectivity index (χ0v) is 16.2. The Kier molecular flexibility index (Phi) is 5.81. The van der Waals surface area contributed by atoms with Crippen LogP contribution < -0.4 is 14.2 Å². The third kappa shape index (κ3) is 3.84. The number of hydrogen-bond donors (Lipinski definition) is 0. The second-order valence-electron chi connectivity index (χ2n) is 5.33. The molecule has 0 amide bonds. The van der Waals surface area contributed by atoms with Crippen LogP contribution in [-0.4, -0.2) is 26.3 Å². The van der Waals surface area contributed by atoms with E-state index >= 15 is 0 Å². The molecule has 3 aromatic rings. The van der Waals surface area contributed by atoms with E-state index in [1.54, 1.807) is 32.7 Å². The van der Waals surface area contributed by atoms with Gasteiger partial charge in [-0.3, -0.25) is 0 Å². The fourth-order valence-corrected chi connectivity index (χ4v) is 3.38. The van der Waals surface area contributed by atoms with Crippen molar-refractivity contribution in [2.75, 3.05) is 21.3 Å². The van der Waals surface area contributed by atoms with Crippen LogP contribution in [0.15, 0.2) is 41.8 Å². The van der Waals surface area contributed by atoms with Gasteiger partial charge in [0.1, 0.15) is 5.01 Å². The van der Waals surface area contributed by atoms with Gasteiger partial charge in [-0.2, -0.15) is 0 Å². The first kappa shape index (κ1) is 18.3. The van der Waals surface area contributed by atoms with E-state index in [0.717, 1.165) is 21.8 Å². The van der Waals surface area contributed by atoms with Crippen molar-refractivity contribution in [2.45, 2.75) is 0 Å². The summed E-state index contributed by atoms with van der Waals surface area (Å²) < 4.78 is 16.2. The smallest absolute Gasteiger partial charge is 0.203 e. The van der Waals surface area contributed by atoms with Crippen LogP contribution in [0.25, 0.3) is 23.4 Å². The molecule has 1 aromatic heterocycles. The Morgan fingerprint density at radius 3 is 2.27 bits per heavy atom. The molecule has 0 saturated heterocycles. The highest BCUT2D eigenvalue weighted by molar-refractivity contribution is 7.10. The van der Waals surface area contributed by atoms with Crippen molar-refractivity contribution >= 4 is 35.1 Å². The van der Waals surface area contributed by atoms with Crippen molar-refractivity contribution in [2.24, 2.45) is 0 Å². The average Bonchev–Trinajstić information content (AvgIpc) is 3.14. The van der Waals surface area contributed by atoms with Crippen molar-refractivity contribution in [3.63, 3.8) is 0 Å². The lowest BCUT2D eigenvalue weighted by molar-refractivity contribution is 0.324. The molecule has 0 N–H and O–H groups in total. The molecule has 0 fully saturated rings. The molecule has 3 rings (SSSR count). The average molecular weight is 388 g/mol. The molecule has 1 heterocycles. The highest BCUT2D eigenvalue weighted by atomic mass is 35.5. The number of halogens is 1. The molecule has 0 spiro atoms. The maximum absolute atomic E-state index is 5.94. The first-order valence-electron chi connectivity index (χ1n) is 7.84. The predicted molar refractivity (Wildman–Crippen MR) is 108 cm³/mol. The van der Waals surface area contributed by atoms with Crippen molar-refractivity contribution < 1.29 is 14.2 Å². The minimum Gasteiger partial charge on any atom is -0.493 e. The van der Waals surface area contributed by atoms with Gasteiger partial charge in [-0.05, 0) is 36.4 Å². The van der Waals surface area contributed by atoms with Crippen LogP contribution >= 0.6 is 22.9 Å². The summed E-state index contributed by atoms with van der Waals surface area (Å²) in [4.78, 5) is 4.65. The minimum atomic E-state index is 0.568. The minimum absolute atomic E-state index is 0.568. The Morgan fingerprint density at radius 1 is 0.885 bits per heavy atom. The Labute approximate surface area is 161 Å². The molecule has 4 nitrogen and oxygen atoms in total. The number of hydrogen-bond acceptors (Lipinski definition) is 5. The molecule has 0 aliphatic rings. The maximum atomic E-state index is 5.94. The third-order valence-corrected chi connectivity index (χ3v) is 4.86. The third-order valence-electron chi connectivity index (χ3n) is 3.80. The van der Waals surface area contributed by atoms with E-state index in [2.05, 4.69) is 4.98 Å². The van der Waals surface area contributed by atoms with Gasteiger partial charge in [0.2, 0.25) is 5.75 Å². The van der Waals surface area contributed by atoms with Gasteiger partial charge in [0.05, 0.1) is 27.0 Å². The molecule has 0 atom stereocenters. The summed E-state index contributed by atoms with van der Waals surface area (Å²) in [6.07, 6.45) is 3.90. The van der Waals surface area contributed by atoms with Crippen molar-refractivity contribution in [1.82, 2.24) is 4.98 Å². The number of aromatic nitrogens is 1. The van der Waals surface area contributed by atoms with Crippen LogP contribution in [0.1, 0.15) is 10.6 Å². The lowest BCUT2D eigenvalue weighted by atomic mass is 10.1. The molecule has 0 aliphatic carbocycles. The van der Waals surface area contributed by atoms with E-state index in [-0.39, 0.29) is 0 Å². The van der Waals surface area contributed by atoms with Gasteiger partial charge in [-0.1, -0.05) is 23.7 Å². The Balaban J connectivity index is 1.88. The molecule has 6 heteroatoms. The van der Waals surface area contributed by atoms with E-state index < -0.39 is 0 Å². The molecule has 2 aromatic carbocycles.